The van der Waals surface area contributed by atoms with Crippen molar-refractivity contribution in [1.82, 2.24) is 10.6 Å². The van der Waals surface area contributed by atoms with E-state index < -0.39 is 0 Å². The summed E-state index contributed by atoms with van der Waals surface area (Å²) in [6.07, 6.45) is 3.42. The van der Waals surface area contributed by atoms with E-state index in [1.54, 1.807) is 12.0 Å². The van der Waals surface area contributed by atoms with Crippen molar-refractivity contribution in [3.63, 3.8) is 0 Å². The molecule has 0 radical (unpaired) electrons. The van der Waals surface area contributed by atoms with Crippen molar-refractivity contribution < 1.29 is 13.9 Å². The van der Waals surface area contributed by atoms with Gasteiger partial charge in [-0.25, -0.2) is 4.39 Å². The number of carbonyl (C=O) groups is 1. The number of amides is 1. The molecular weight excluding hydrogens is 369 g/mol. The van der Waals surface area contributed by atoms with Gasteiger partial charge in [0.2, 0.25) is 5.91 Å². The lowest BCUT2D eigenvalue weighted by atomic mass is 9.92. The van der Waals surface area contributed by atoms with Gasteiger partial charge in [-0.2, -0.15) is 0 Å². The molecule has 2 N–H and O–H groups in total. The average molecular weight is 397 g/mol. The Morgan fingerprint density at radius 1 is 1.24 bits per heavy atom. The first kappa shape index (κ1) is 19.9. The highest BCUT2D eigenvalue weighted by atomic mass is 19.1. The third-order valence-corrected chi connectivity index (χ3v) is 6.07. The van der Waals surface area contributed by atoms with Crippen molar-refractivity contribution in [3.8, 4) is 5.75 Å². The summed E-state index contributed by atoms with van der Waals surface area (Å²) in [5.74, 6) is 0.780. The number of fused-ring (bicyclic) bond motifs is 1. The molecule has 4 rings (SSSR count). The van der Waals surface area contributed by atoms with Crippen LogP contribution in [0.1, 0.15) is 42.0 Å². The van der Waals surface area contributed by atoms with Gasteiger partial charge in [0.15, 0.2) is 0 Å². The molecule has 0 saturated carbocycles. The summed E-state index contributed by atoms with van der Waals surface area (Å²) in [6.45, 7) is 1.60. The van der Waals surface area contributed by atoms with Gasteiger partial charge in [0, 0.05) is 43.3 Å². The summed E-state index contributed by atoms with van der Waals surface area (Å²) < 4.78 is 19.0. The summed E-state index contributed by atoms with van der Waals surface area (Å²) in [7, 11) is 3.52. The highest BCUT2D eigenvalue weighted by Crippen LogP contribution is 2.34. The van der Waals surface area contributed by atoms with Crippen LogP contribution in [0.3, 0.4) is 0 Å². The molecule has 154 valence electrons. The molecule has 2 aromatic rings. The summed E-state index contributed by atoms with van der Waals surface area (Å²) in [5.41, 5.74) is 4.24. The Labute approximate surface area is 171 Å². The summed E-state index contributed by atoms with van der Waals surface area (Å²) in [6, 6.07) is 11.2. The molecule has 2 aromatic carbocycles. The maximum absolute atomic E-state index is 13.3. The van der Waals surface area contributed by atoms with Gasteiger partial charge in [0.05, 0.1) is 7.11 Å². The number of nitrogens with one attached hydrogen (secondary N) is 2. The Morgan fingerprint density at radius 2 is 2.03 bits per heavy atom. The summed E-state index contributed by atoms with van der Waals surface area (Å²) >= 11 is 0. The lowest BCUT2D eigenvalue weighted by molar-refractivity contribution is -0.118. The summed E-state index contributed by atoms with van der Waals surface area (Å²) in [4.78, 5) is 13.8. The van der Waals surface area contributed by atoms with Crippen molar-refractivity contribution in [2.75, 3.05) is 25.6 Å². The second-order valence-electron chi connectivity index (χ2n) is 7.86. The van der Waals surface area contributed by atoms with Gasteiger partial charge in [0.25, 0.3) is 0 Å². The van der Waals surface area contributed by atoms with E-state index in [1.165, 1.54) is 12.1 Å². The first-order chi connectivity index (χ1) is 14.1. The van der Waals surface area contributed by atoms with Gasteiger partial charge in [-0.3, -0.25) is 4.79 Å². The van der Waals surface area contributed by atoms with E-state index in [9.17, 15) is 9.18 Å². The molecule has 1 amide bonds. The number of methoxy groups -OCH3 is 1. The van der Waals surface area contributed by atoms with Crippen molar-refractivity contribution in [2.24, 2.45) is 0 Å². The van der Waals surface area contributed by atoms with Crippen molar-refractivity contribution in [2.45, 2.75) is 44.3 Å². The third-order valence-electron chi connectivity index (χ3n) is 6.07. The van der Waals surface area contributed by atoms with Gasteiger partial charge in [-0.1, -0.05) is 12.1 Å². The van der Waals surface area contributed by atoms with Crippen LogP contribution < -0.4 is 20.3 Å². The van der Waals surface area contributed by atoms with Crippen molar-refractivity contribution >= 4 is 11.6 Å². The fraction of sp³-hybridized carbons (Fsp3) is 0.435. The molecule has 29 heavy (non-hydrogen) atoms. The Hall–Kier alpha value is -2.44. The van der Waals surface area contributed by atoms with E-state index in [-0.39, 0.29) is 23.8 Å². The Bertz CT molecular complexity index is 884. The standard InChI is InChI=1S/C23H28FN3O2/c1-27-20-12-17(21(29-2)13-16(20)7-10-22(27)28)14-26-19-4-3-11-25-23(19)15-5-8-18(24)9-6-15/h5-6,8-9,12-13,19,23,25-26H,3-4,7,10-11,14H2,1-2H3/t19?,23-/m0/s1. The van der Waals surface area contributed by atoms with Gasteiger partial charge in [0.1, 0.15) is 11.6 Å². The lowest BCUT2D eigenvalue weighted by Crippen LogP contribution is -2.45. The van der Waals surface area contributed by atoms with Crippen LogP contribution in [-0.4, -0.2) is 32.7 Å². The minimum Gasteiger partial charge on any atom is -0.496 e. The van der Waals surface area contributed by atoms with Crippen LogP contribution in [0.5, 0.6) is 5.75 Å². The van der Waals surface area contributed by atoms with E-state index in [0.29, 0.717) is 13.0 Å². The minimum atomic E-state index is -0.216. The van der Waals surface area contributed by atoms with Gasteiger partial charge in [-0.05, 0) is 61.2 Å². The molecule has 2 atom stereocenters. The van der Waals surface area contributed by atoms with Gasteiger partial charge >= 0.3 is 0 Å². The number of benzene rings is 2. The van der Waals surface area contributed by atoms with Gasteiger partial charge in [-0.15, -0.1) is 0 Å². The summed E-state index contributed by atoms with van der Waals surface area (Å²) in [5, 5.41) is 7.23. The molecule has 0 spiro atoms. The fourth-order valence-electron chi connectivity index (χ4n) is 4.41. The highest BCUT2D eigenvalue weighted by molar-refractivity contribution is 5.96. The third kappa shape index (κ3) is 4.14. The van der Waals surface area contributed by atoms with E-state index in [0.717, 1.165) is 53.9 Å². The van der Waals surface area contributed by atoms with Crippen LogP contribution in [0.4, 0.5) is 10.1 Å². The number of hydrogen-bond acceptors (Lipinski definition) is 4. The Morgan fingerprint density at radius 3 is 2.79 bits per heavy atom. The predicted octanol–water partition coefficient (Wildman–Crippen LogP) is 3.33. The van der Waals surface area contributed by atoms with Gasteiger partial charge < -0.3 is 20.3 Å². The number of nitrogens with zero attached hydrogens (tertiary/aromatic N) is 1. The van der Waals surface area contributed by atoms with Crippen molar-refractivity contribution in [1.29, 1.82) is 0 Å². The molecule has 0 bridgehead atoms. The second kappa shape index (κ2) is 8.51. The van der Waals surface area contributed by atoms with E-state index in [1.807, 2.05) is 19.2 Å². The zero-order valence-electron chi connectivity index (χ0n) is 17.0. The molecule has 2 heterocycles. The SMILES string of the molecule is COc1cc2c(cc1CNC1CCCN[C@H]1c1ccc(F)cc1)N(C)C(=O)CC2. The van der Waals surface area contributed by atoms with Crippen LogP contribution in [0, 0.1) is 5.82 Å². The quantitative estimate of drug-likeness (QED) is 0.813. The van der Waals surface area contributed by atoms with E-state index in [2.05, 4.69) is 22.8 Å². The molecular formula is C23H28FN3O2. The topological polar surface area (TPSA) is 53.6 Å². The largest absolute Gasteiger partial charge is 0.496 e. The minimum absolute atomic E-state index is 0.136. The molecule has 2 aliphatic heterocycles. The zero-order chi connectivity index (χ0) is 20.4. The lowest BCUT2D eigenvalue weighted by Gasteiger charge is -2.34. The van der Waals surface area contributed by atoms with E-state index in [4.69, 9.17) is 4.74 Å². The number of ether oxygens (including phenoxy) is 1. The number of anilines is 1. The van der Waals surface area contributed by atoms with Crippen LogP contribution in [-0.2, 0) is 17.8 Å². The van der Waals surface area contributed by atoms with Crippen LogP contribution in [0.15, 0.2) is 36.4 Å². The van der Waals surface area contributed by atoms with Crippen LogP contribution >= 0.6 is 0 Å². The molecule has 0 aliphatic carbocycles. The number of halogens is 1. The second-order valence-corrected chi connectivity index (χ2v) is 7.86. The van der Waals surface area contributed by atoms with Crippen LogP contribution in [0.25, 0.3) is 0 Å². The first-order valence-electron chi connectivity index (χ1n) is 10.3. The normalized spacial score (nSPS) is 21.8. The maximum Gasteiger partial charge on any atom is 0.227 e. The number of piperidine rings is 1. The molecule has 1 fully saturated rings. The van der Waals surface area contributed by atoms with E-state index >= 15 is 0 Å². The maximum atomic E-state index is 13.3. The highest BCUT2D eigenvalue weighted by Gasteiger charge is 2.27. The fourth-order valence-corrected chi connectivity index (χ4v) is 4.41. The molecule has 0 aromatic heterocycles. The first-order valence-corrected chi connectivity index (χ1v) is 10.3. The molecule has 5 nitrogen and oxygen atoms in total. The molecule has 1 unspecified atom stereocenters. The molecule has 1 saturated heterocycles. The van der Waals surface area contributed by atoms with Crippen LogP contribution in [0.2, 0.25) is 0 Å². The molecule has 6 heteroatoms. The Kier molecular flexibility index (Phi) is 5.83. The number of carbonyl (C=O) groups excluding carboxylic acids is 1. The monoisotopic (exact) mass is 397 g/mol. The van der Waals surface area contributed by atoms with Crippen molar-refractivity contribution in [3.05, 3.63) is 58.9 Å². The zero-order valence-corrected chi connectivity index (χ0v) is 17.0. The molecule has 2 aliphatic rings. The number of rotatable bonds is 5. The average Bonchev–Trinajstić information content (AvgIpc) is 2.75. The smallest absolute Gasteiger partial charge is 0.227 e. The predicted molar refractivity (Wildman–Crippen MR) is 112 cm³/mol. The Balaban J connectivity index is 1.54. The number of aryl methyl sites for hydroxylation is 1. The number of hydrogen-bond donors (Lipinski definition) is 2.